The minimum Gasteiger partial charge on any atom is -0.475 e. The fourth-order valence-electron chi connectivity index (χ4n) is 0.539. The van der Waals surface area contributed by atoms with Crippen molar-refractivity contribution < 1.29 is 29.3 Å². The van der Waals surface area contributed by atoms with E-state index >= 15 is 0 Å². The second-order valence-electron chi connectivity index (χ2n) is 2.22. The fraction of sp³-hybridized carbons (Fsp3) is 0.500. The highest BCUT2D eigenvalue weighted by atomic mass is 16.6. The van der Waals surface area contributed by atoms with Gasteiger partial charge in [0.25, 0.3) is 0 Å². The summed E-state index contributed by atoms with van der Waals surface area (Å²) in [6, 6.07) is 0. The molecule has 13 heavy (non-hydrogen) atoms. The molecule has 0 radical (unpaired) electrons. The molecule has 0 aliphatic rings. The van der Waals surface area contributed by atoms with Crippen LogP contribution in [-0.2, 0) is 14.3 Å². The first kappa shape index (κ1) is 11.4. The highest BCUT2D eigenvalue weighted by molar-refractivity contribution is 6.32. The third kappa shape index (κ3) is 5.62. The van der Waals surface area contributed by atoms with Crippen molar-refractivity contribution in [1.29, 1.82) is 0 Å². The Bertz CT molecular complexity index is 225. The third-order valence-corrected chi connectivity index (χ3v) is 1.08. The van der Waals surface area contributed by atoms with Gasteiger partial charge in [-0.25, -0.2) is 9.59 Å². The zero-order chi connectivity index (χ0) is 10.4. The van der Waals surface area contributed by atoms with Gasteiger partial charge in [-0.15, -0.1) is 0 Å². The molecular formula is C6H9NO6. The number of carbonyl (C=O) groups is 3. The lowest BCUT2D eigenvalue weighted by molar-refractivity contribution is -0.150. The second-order valence-corrected chi connectivity index (χ2v) is 2.22. The molecule has 1 amide bonds. The maximum Gasteiger partial charge on any atom is 0.404 e. The number of nitrogens with two attached hydrogens (primary N) is 1. The van der Waals surface area contributed by atoms with Gasteiger partial charge in [-0.2, -0.15) is 0 Å². The van der Waals surface area contributed by atoms with Gasteiger partial charge in [-0.1, -0.05) is 0 Å². The lowest BCUT2D eigenvalue weighted by Gasteiger charge is -2.06. The summed E-state index contributed by atoms with van der Waals surface area (Å²) in [4.78, 5) is 30.5. The van der Waals surface area contributed by atoms with Crippen LogP contribution in [0.1, 0.15) is 6.42 Å². The largest absolute Gasteiger partial charge is 0.475 e. The van der Waals surface area contributed by atoms with Crippen LogP contribution >= 0.6 is 0 Å². The van der Waals surface area contributed by atoms with E-state index in [-0.39, 0.29) is 0 Å². The summed E-state index contributed by atoms with van der Waals surface area (Å²) in [6.07, 6.45) is -3.04. The van der Waals surface area contributed by atoms with Crippen LogP contribution in [0.5, 0.6) is 0 Å². The number of rotatable bonds is 5. The molecule has 7 nitrogen and oxygen atoms in total. The molecule has 0 saturated heterocycles. The molecule has 0 aromatic carbocycles. The van der Waals surface area contributed by atoms with Crippen LogP contribution in [-0.4, -0.2) is 40.8 Å². The summed E-state index contributed by atoms with van der Waals surface area (Å²) in [7, 11) is 0. The number of Topliss-reactive ketones (excluding diaryl/α,β-unsaturated/α-hetero) is 1. The predicted molar refractivity (Wildman–Crippen MR) is 38.8 cm³/mol. The van der Waals surface area contributed by atoms with Gasteiger partial charge in [-0.05, 0) is 0 Å². The summed E-state index contributed by atoms with van der Waals surface area (Å²) < 4.78 is 4.13. The zero-order valence-corrected chi connectivity index (χ0v) is 6.60. The molecule has 74 valence electrons. The Kier molecular flexibility index (Phi) is 4.45. The van der Waals surface area contributed by atoms with E-state index in [1.54, 1.807) is 0 Å². The molecule has 0 aliphatic carbocycles. The topological polar surface area (TPSA) is 127 Å². The normalized spacial score (nSPS) is 11.8. The van der Waals surface area contributed by atoms with E-state index in [0.29, 0.717) is 0 Å². The summed E-state index contributed by atoms with van der Waals surface area (Å²) in [5, 5.41) is 17.0. The van der Waals surface area contributed by atoms with Crippen LogP contribution < -0.4 is 5.73 Å². The zero-order valence-electron chi connectivity index (χ0n) is 6.60. The number of carboxylic acids is 1. The van der Waals surface area contributed by atoms with E-state index in [1.807, 2.05) is 0 Å². The number of aliphatic carboxylic acids is 1. The van der Waals surface area contributed by atoms with Gasteiger partial charge in [0.1, 0.15) is 6.61 Å². The average molecular weight is 191 g/mol. The van der Waals surface area contributed by atoms with Crippen molar-refractivity contribution in [2.45, 2.75) is 12.5 Å². The van der Waals surface area contributed by atoms with E-state index in [4.69, 9.17) is 10.2 Å². The van der Waals surface area contributed by atoms with Crippen molar-refractivity contribution in [2.75, 3.05) is 6.61 Å². The number of ether oxygens (including phenoxy) is 1. The van der Waals surface area contributed by atoms with Crippen LogP contribution in [0.3, 0.4) is 0 Å². The Labute approximate surface area is 73.1 Å². The first-order valence-corrected chi connectivity index (χ1v) is 3.30. The molecule has 0 saturated carbocycles. The van der Waals surface area contributed by atoms with E-state index < -0.39 is 37.0 Å². The van der Waals surface area contributed by atoms with Crippen molar-refractivity contribution in [1.82, 2.24) is 0 Å². The number of ketones is 1. The summed E-state index contributed by atoms with van der Waals surface area (Å²) in [5.41, 5.74) is 4.56. The van der Waals surface area contributed by atoms with Crippen LogP contribution in [0.2, 0.25) is 0 Å². The Morgan fingerprint density at radius 1 is 1.38 bits per heavy atom. The molecule has 0 aromatic heterocycles. The molecule has 0 aromatic rings. The molecule has 0 rings (SSSR count). The average Bonchev–Trinajstić information content (AvgIpc) is 2.00. The van der Waals surface area contributed by atoms with Gasteiger partial charge in [0, 0.05) is 6.42 Å². The summed E-state index contributed by atoms with van der Waals surface area (Å²) in [6.45, 7) is -0.492. The minimum absolute atomic E-state index is 0.492. The quantitative estimate of drug-likeness (QED) is 0.453. The Balaban J connectivity index is 3.74. The van der Waals surface area contributed by atoms with Crippen molar-refractivity contribution in [3.8, 4) is 0 Å². The molecule has 0 bridgehead atoms. The Hall–Kier alpha value is -1.63. The number of amides is 1. The molecular weight excluding hydrogens is 182 g/mol. The number of hydrogen-bond acceptors (Lipinski definition) is 5. The first-order valence-electron chi connectivity index (χ1n) is 3.30. The summed E-state index contributed by atoms with van der Waals surface area (Å²) in [5.74, 6) is -2.79. The maximum atomic E-state index is 10.5. The van der Waals surface area contributed by atoms with Gasteiger partial charge >= 0.3 is 12.1 Å². The SMILES string of the molecule is NC(=O)OC[C@H](O)CC(=O)C(=O)O. The number of aliphatic hydroxyl groups is 1. The van der Waals surface area contributed by atoms with Crippen LogP contribution in [0, 0.1) is 0 Å². The maximum absolute atomic E-state index is 10.5. The number of carbonyl (C=O) groups excluding carboxylic acids is 2. The van der Waals surface area contributed by atoms with Crippen molar-refractivity contribution in [3.63, 3.8) is 0 Å². The van der Waals surface area contributed by atoms with Crippen LogP contribution in [0.4, 0.5) is 4.79 Å². The minimum atomic E-state index is -1.64. The molecule has 0 aliphatic heterocycles. The van der Waals surface area contributed by atoms with Gasteiger partial charge < -0.3 is 20.7 Å². The Morgan fingerprint density at radius 2 is 1.92 bits per heavy atom. The van der Waals surface area contributed by atoms with Crippen molar-refractivity contribution in [3.05, 3.63) is 0 Å². The number of carboxylic acid groups (broad SMARTS) is 1. The standard InChI is InChI=1S/C6H9NO6/c7-6(12)13-2-3(8)1-4(9)5(10)11/h3,8H,1-2H2,(H2,7,12)(H,10,11)/t3-/m1/s1. The third-order valence-electron chi connectivity index (χ3n) is 1.08. The van der Waals surface area contributed by atoms with E-state index in [9.17, 15) is 14.4 Å². The predicted octanol–water partition coefficient (Wildman–Crippen LogP) is -1.51. The second kappa shape index (κ2) is 5.09. The molecule has 0 unspecified atom stereocenters. The van der Waals surface area contributed by atoms with Crippen molar-refractivity contribution >= 4 is 17.8 Å². The molecule has 0 heterocycles. The molecule has 0 fully saturated rings. The van der Waals surface area contributed by atoms with Gasteiger partial charge in [0.15, 0.2) is 0 Å². The molecule has 1 atom stereocenters. The smallest absolute Gasteiger partial charge is 0.404 e. The lowest BCUT2D eigenvalue weighted by Crippen LogP contribution is -2.26. The van der Waals surface area contributed by atoms with Crippen LogP contribution in [0.15, 0.2) is 0 Å². The summed E-state index contributed by atoms with van der Waals surface area (Å²) >= 11 is 0. The van der Waals surface area contributed by atoms with E-state index in [0.717, 1.165) is 0 Å². The van der Waals surface area contributed by atoms with Gasteiger partial charge in [0.05, 0.1) is 6.10 Å². The van der Waals surface area contributed by atoms with Crippen LogP contribution in [0.25, 0.3) is 0 Å². The number of primary amides is 1. The Morgan fingerprint density at radius 3 is 2.31 bits per heavy atom. The van der Waals surface area contributed by atoms with Gasteiger partial charge in [-0.3, -0.25) is 4.79 Å². The lowest BCUT2D eigenvalue weighted by atomic mass is 10.2. The highest BCUT2D eigenvalue weighted by Crippen LogP contribution is 1.94. The van der Waals surface area contributed by atoms with Gasteiger partial charge in [0.2, 0.25) is 5.78 Å². The fourth-order valence-corrected chi connectivity index (χ4v) is 0.539. The molecule has 4 N–H and O–H groups in total. The van der Waals surface area contributed by atoms with E-state index in [2.05, 4.69) is 10.5 Å². The highest BCUT2D eigenvalue weighted by Gasteiger charge is 2.17. The molecule has 7 heteroatoms. The van der Waals surface area contributed by atoms with Crippen molar-refractivity contribution in [2.24, 2.45) is 5.73 Å². The molecule has 0 spiro atoms. The monoisotopic (exact) mass is 191 g/mol. The first-order chi connectivity index (χ1) is 5.93. The number of hydrogen-bond donors (Lipinski definition) is 3. The number of aliphatic hydroxyl groups excluding tert-OH is 1. The van der Waals surface area contributed by atoms with E-state index in [1.165, 1.54) is 0 Å².